The van der Waals surface area contributed by atoms with E-state index in [4.69, 9.17) is 5.26 Å². The first-order chi connectivity index (χ1) is 10.4. The molecular formula is C18H19N3Si. The molecule has 0 spiro atoms. The van der Waals surface area contributed by atoms with Crippen molar-refractivity contribution in [3.05, 3.63) is 47.7 Å². The number of nitrogens with zero attached hydrogens (tertiary/aromatic N) is 2. The number of hydrogen-bond acceptors (Lipinski definition) is 3. The summed E-state index contributed by atoms with van der Waals surface area (Å²) in [5.41, 5.74) is 6.75. The molecule has 3 nitrogen and oxygen atoms in total. The minimum atomic E-state index is -1.44. The second kappa shape index (κ2) is 6.47. The zero-order chi connectivity index (χ0) is 16.2. The lowest BCUT2D eigenvalue weighted by atomic mass is 10.0. The van der Waals surface area contributed by atoms with Crippen molar-refractivity contribution in [2.45, 2.75) is 19.6 Å². The summed E-state index contributed by atoms with van der Waals surface area (Å²) >= 11 is 0. The molecule has 0 aliphatic rings. The Morgan fingerprint density at radius 3 is 2.50 bits per heavy atom. The summed E-state index contributed by atoms with van der Waals surface area (Å²) in [4.78, 5) is 4.50. The largest absolute Gasteiger partial charge is 0.373 e. The second-order valence-corrected chi connectivity index (χ2v) is 10.8. The SMILES string of the molecule is CNc1cc(-c2cccc(C#N)c2)cc(C#C[Si](C)(C)C)n1. The molecule has 1 aromatic heterocycles. The molecule has 0 radical (unpaired) electrons. The van der Waals surface area contributed by atoms with E-state index in [1.165, 1.54) is 0 Å². The predicted molar refractivity (Wildman–Crippen MR) is 94.2 cm³/mol. The predicted octanol–water partition coefficient (Wildman–Crippen LogP) is 3.89. The van der Waals surface area contributed by atoms with Gasteiger partial charge in [0.25, 0.3) is 0 Å². The standard InChI is InChI=1S/C18H19N3Si/c1-20-18-12-16(15-7-5-6-14(10-15)13-19)11-17(21-18)8-9-22(2,3)4/h5-7,10-12H,1-4H3,(H,20,21). The van der Waals surface area contributed by atoms with Crippen LogP contribution in [0, 0.1) is 22.8 Å². The fraction of sp³-hybridized carbons (Fsp3) is 0.222. The van der Waals surface area contributed by atoms with E-state index in [1.54, 1.807) is 6.07 Å². The zero-order valence-corrected chi connectivity index (χ0v) is 14.4. The van der Waals surface area contributed by atoms with E-state index in [-0.39, 0.29) is 0 Å². The average Bonchev–Trinajstić information content (AvgIpc) is 2.52. The Morgan fingerprint density at radius 2 is 1.86 bits per heavy atom. The van der Waals surface area contributed by atoms with Crippen LogP contribution in [0.2, 0.25) is 19.6 Å². The highest BCUT2D eigenvalue weighted by molar-refractivity contribution is 6.83. The molecule has 0 bridgehead atoms. The summed E-state index contributed by atoms with van der Waals surface area (Å²) in [6.45, 7) is 6.62. The van der Waals surface area contributed by atoms with Gasteiger partial charge in [-0.3, -0.25) is 0 Å². The maximum Gasteiger partial charge on any atom is 0.129 e. The molecule has 0 amide bonds. The van der Waals surface area contributed by atoms with Gasteiger partial charge in [0.05, 0.1) is 11.6 Å². The minimum absolute atomic E-state index is 0.648. The molecule has 2 rings (SSSR count). The second-order valence-electron chi connectivity index (χ2n) is 6.07. The van der Waals surface area contributed by atoms with Gasteiger partial charge in [0.1, 0.15) is 19.6 Å². The van der Waals surface area contributed by atoms with E-state index >= 15 is 0 Å². The van der Waals surface area contributed by atoms with E-state index in [1.807, 2.05) is 37.4 Å². The van der Waals surface area contributed by atoms with E-state index in [9.17, 15) is 0 Å². The molecule has 1 aromatic carbocycles. The lowest BCUT2D eigenvalue weighted by Crippen LogP contribution is -2.16. The Kier molecular flexibility index (Phi) is 4.65. The number of nitriles is 1. The molecule has 4 heteroatoms. The van der Waals surface area contributed by atoms with Crippen molar-refractivity contribution in [2.75, 3.05) is 12.4 Å². The molecule has 110 valence electrons. The van der Waals surface area contributed by atoms with Crippen molar-refractivity contribution in [3.63, 3.8) is 0 Å². The molecule has 1 heterocycles. The van der Waals surface area contributed by atoms with Gasteiger partial charge in [0.15, 0.2) is 0 Å². The Labute approximate surface area is 133 Å². The number of benzene rings is 1. The van der Waals surface area contributed by atoms with Crippen molar-refractivity contribution in [2.24, 2.45) is 0 Å². The third-order valence-electron chi connectivity index (χ3n) is 2.97. The normalized spacial score (nSPS) is 10.3. The van der Waals surface area contributed by atoms with Gasteiger partial charge >= 0.3 is 0 Å². The lowest BCUT2D eigenvalue weighted by molar-refractivity contribution is 1.26. The highest BCUT2D eigenvalue weighted by Crippen LogP contribution is 2.23. The summed E-state index contributed by atoms with van der Waals surface area (Å²) in [5.74, 6) is 3.97. The van der Waals surface area contributed by atoms with E-state index in [2.05, 4.69) is 47.5 Å². The first-order valence-electron chi connectivity index (χ1n) is 7.15. The van der Waals surface area contributed by atoms with Crippen LogP contribution in [0.3, 0.4) is 0 Å². The van der Waals surface area contributed by atoms with Gasteiger partial charge in [0, 0.05) is 7.05 Å². The molecule has 0 aliphatic heterocycles. The van der Waals surface area contributed by atoms with Crippen molar-refractivity contribution in [1.82, 2.24) is 4.98 Å². The first kappa shape index (κ1) is 15.8. The summed E-state index contributed by atoms with van der Waals surface area (Å²) in [6, 6.07) is 13.7. The number of pyridine rings is 1. The Balaban J connectivity index is 2.52. The molecule has 1 N–H and O–H groups in total. The molecule has 0 saturated heterocycles. The summed E-state index contributed by atoms with van der Waals surface area (Å²) in [7, 11) is 0.397. The van der Waals surface area contributed by atoms with Crippen LogP contribution in [-0.4, -0.2) is 20.1 Å². The van der Waals surface area contributed by atoms with Crippen LogP contribution >= 0.6 is 0 Å². The third-order valence-corrected chi connectivity index (χ3v) is 3.85. The Bertz CT molecular complexity index is 786. The van der Waals surface area contributed by atoms with Crippen molar-refractivity contribution < 1.29 is 0 Å². The molecule has 2 aromatic rings. The number of rotatable bonds is 2. The van der Waals surface area contributed by atoms with Crippen LogP contribution in [-0.2, 0) is 0 Å². The number of nitrogens with one attached hydrogen (secondary N) is 1. The maximum absolute atomic E-state index is 9.05. The minimum Gasteiger partial charge on any atom is -0.373 e. The molecular weight excluding hydrogens is 286 g/mol. The molecule has 22 heavy (non-hydrogen) atoms. The average molecular weight is 305 g/mol. The fourth-order valence-electron chi connectivity index (χ4n) is 1.91. The van der Waals surface area contributed by atoms with Gasteiger partial charge in [-0.05, 0) is 35.4 Å². The zero-order valence-electron chi connectivity index (χ0n) is 13.4. The first-order valence-corrected chi connectivity index (χ1v) is 10.6. The van der Waals surface area contributed by atoms with E-state index in [0.29, 0.717) is 5.56 Å². The molecule has 0 unspecified atom stereocenters. The van der Waals surface area contributed by atoms with Crippen LogP contribution in [0.25, 0.3) is 11.1 Å². The smallest absolute Gasteiger partial charge is 0.129 e. The van der Waals surface area contributed by atoms with Crippen LogP contribution in [0.15, 0.2) is 36.4 Å². The van der Waals surface area contributed by atoms with Crippen LogP contribution in [0.4, 0.5) is 5.82 Å². The Hall–Kier alpha value is -2.56. The molecule has 0 saturated carbocycles. The Morgan fingerprint density at radius 1 is 1.09 bits per heavy atom. The highest BCUT2D eigenvalue weighted by Gasteiger charge is 2.08. The van der Waals surface area contributed by atoms with Crippen molar-refractivity contribution in [3.8, 4) is 28.7 Å². The van der Waals surface area contributed by atoms with Gasteiger partial charge in [-0.1, -0.05) is 37.7 Å². The maximum atomic E-state index is 9.05. The number of hydrogen-bond donors (Lipinski definition) is 1. The van der Waals surface area contributed by atoms with E-state index < -0.39 is 8.07 Å². The van der Waals surface area contributed by atoms with E-state index in [0.717, 1.165) is 22.6 Å². The van der Waals surface area contributed by atoms with Gasteiger partial charge < -0.3 is 5.32 Å². The highest BCUT2D eigenvalue weighted by atomic mass is 28.3. The molecule has 0 atom stereocenters. The van der Waals surface area contributed by atoms with Gasteiger partial charge in [-0.15, -0.1) is 5.54 Å². The number of anilines is 1. The third kappa shape index (κ3) is 4.21. The summed E-state index contributed by atoms with van der Waals surface area (Å²) in [6.07, 6.45) is 0. The lowest BCUT2D eigenvalue weighted by Gasteiger charge is -2.07. The van der Waals surface area contributed by atoms with Gasteiger partial charge in [-0.25, -0.2) is 4.98 Å². The molecule has 0 fully saturated rings. The van der Waals surface area contributed by atoms with Crippen LogP contribution < -0.4 is 5.32 Å². The van der Waals surface area contributed by atoms with Crippen LogP contribution in [0.1, 0.15) is 11.3 Å². The van der Waals surface area contributed by atoms with Crippen molar-refractivity contribution >= 4 is 13.9 Å². The van der Waals surface area contributed by atoms with Crippen molar-refractivity contribution in [1.29, 1.82) is 5.26 Å². The number of aromatic nitrogens is 1. The van der Waals surface area contributed by atoms with Gasteiger partial charge in [0.2, 0.25) is 0 Å². The molecule has 0 aliphatic carbocycles. The topological polar surface area (TPSA) is 48.7 Å². The quantitative estimate of drug-likeness (QED) is 0.676. The van der Waals surface area contributed by atoms with Crippen LogP contribution in [0.5, 0.6) is 0 Å². The summed E-state index contributed by atoms with van der Waals surface area (Å²) in [5, 5.41) is 12.1. The monoisotopic (exact) mass is 305 g/mol. The summed E-state index contributed by atoms with van der Waals surface area (Å²) < 4.78 is 0. The fourth-order valence-corrected chi connectivity index (χ4v) is 2.41. The van der Waals surface area contributed by atoms with Gasteiger partial charge in [-0.2, -0.15) is 5.26 Å².